The number of fused-ring (bicyclic) bond motifs is 1. The van der Waals surface area contributed by atoms with Crippen molar-refractivity contribution in [2.45, 2.75) is 31.1 Å². The van der Waals surface area contributed by atoms with Gasteiger partial charge in [-0.05, 0) is 42.4 Å². The van der Waals surface area contributed by atoms with Crippen molar-refractivity contribution in [2.75, 3.05) is 5.88 Å². The largest absolute Gasteiger partial charge is 0.126 e. The first kappa shape index (κ1) is 12.7. The van der Waals surface area contributed by atoms with Gasteiger partial charge in [-0.15, -0.1) is 11.6 Å². The molecule has 0 spiro atoms. The van der Waals surface area contributed by atoms with E-state index in [2.05, 4.69) is 54.6 Å². The first-order valence-electron chi connectivity index (χ1n) is 7.02. The van der Waals surface area contributed by atoms with Crippen LogP contribution in [-0.2, 0) is 18.3 Å². The molecular formula is C18H19Cl. The van der Waals surface area contributed by atoms with Crippen LogP contribution in [0.25, 0.3) is 0 Å². The van der Waals surface area contributed by atoms with Gasteiger partial charge in [-0.25, -0.2) is 0 Å². The molecule has 19 heavy (non-hydrogen) atoms. The molecule has 98 valence electrons. The second-order valence-electron chi connectivity index (χ2n) is 5.59. The third-order valence-electron chi connectivity index (χ3n) is 4.33. The highest BCUT2D eigenvalue weighted by Crippen LogP contribution is 2.40. The van der Waals surface area contributed by atoms with Crippen LogP contribution in [0.1, 0.15) is 29.5 Å². The molecule has 3 rings (SSSR count). The van der Waals surface area contributed by atoms with Crippen LogP contribution < -0.4 is 0 Å². The molecule has 0 amide bonds. The van der Waals surface area contributed by atoms with Crippen molar-refractivity contribution < 1.29 is 0 Å². The Morgan fingerprint density at radius 1 is 0.947 bits per heavy atom. The Morgan fingerprint density at radius 3 is 2.47 bits per heavy atom. The van der Waals surface area contributed by atoms with E-state index in [1.165, 1.54) is 36.0 Å². The van der Waals surface area contributed by atoms with E-state index in [0.29, 0.717) is 5.88 Å². The van der Waals surface area contributed by atoms with Gasteiger partial charge in [-0.2, -0.15) is 0 Å². The molecule has 0 saturated carbocycles. The summed E-state index contributed by atoms with van der Waals surface area (Å²) in [5.74, 6) is 0.707. The Morgan fingerprint density at radius 2 is 1.68 bits per heavy atom. The van der Waals surface area contributed by atoms with Gasteiger partial charge in [0, 0.05) is 11.3 Å². The summed E-state index contributed by atoms with van der Waals surface area (Å²) in [6.45, 7) is 0. The normalized spacial score (nSPS) is 21.9. The third kappa shape index (κ3) is 2.42. The maximum atomic E-state index is 6.41. The first-order valence-corrected chi connectivity index (χ1v) is 7.56. The molecule has 0 aromatic heterocycles. The monoisotopic (exact) mass is 270 g/mol. The summed E-state index contributed by atoms with van der Waals surface area (Å²) in [4.78, 5) is 0. The molecule has 1 aliphatic rings. The second kappa shape index (κ2) is 5.38. The van der Waals surface area contributed by atoms with Gasteiger partial charge < -0.3 is 0 Å². The fraction of sp³-hybridized carbons (Fsp3) is 0.333. The molecule has 0 saturated heterocycles. The Balaban J connectivity index is 2.00. The second-order valence-corrected chi connectivity index (χ2v) is 5.85. The molecule has 2 aromatic rings. The number of hydrogen-bond acceptors (Lipinski definition) is 0. The zero-order valence-electron chi connectivity index (χ0n) is 11.1. The Bertz CT molecular complexity index is 547. The van der Waals surface area contributed by atoms with E-state index in [1.807, 2.05) is 0 Å². The van der Waals surface area contributed by atoms with Crippen LogP contribution in [0.15, 0.2) is 54.6 Å². The molecule has 0 aliphatic heterocycles. The summed E-state index contributed by atoms with van der Waals surface area (Å²) in [6, 6.07) is 19.6. The molecule has 1 aliphatic carbocycles. The fourth-order valence-corrected chi connectivity index (χ4v) is 3.74. The summed E-state index contributed by atoms with van der Waals surface area (Å²) in [7, 11) is 0. The van der Waals surface area contributed by atoms with Crippen LogP contribution in [0.5, 0.6) is 0 Å². The van der Waals surface area contributed by atoms with Crippen molar-refractivity contribution in [1.29, 1.82) is 0 Å². The fourth-order valence-electron chi connectivity index (χ4n) is 3.36. The van der Waals surface area contributed by atoms with Crippen LogP contribution in [0, 0.1) is 0 Å². The molecule has 0 radical (unpaired) electrons. The minimum absolute atomic E-state index is 0.123. The van der Waals surface area contributed by atoms with Crippen LogP contribution in [0.3, 0.4) is 0 Å². The van der Waals surface area contributed by atoms with Crippen molar-refractivity contribution in [3.05, 3.63) is 71.3 Å². The lowest BCUT2D eigenvalue weighted by atomic mass is 9.68. The van der Waals surface area contributed by atoms with E-state index < -0.39 is 0 Å². The third-order valence-corrected chi connectivity index (χ3v) is 4.84. The maximum absolute atomic E-state index is 6.41. The highest BCUT2D eigenvalue weighted by molar-refractivity contribution is 6.18. The van der Waals surface area contributed by atoms with Crippen molar-refractivity contribution in [3.8, 4) is 0 Å². The van der Waals surface area contributed by atoms with E-state index in [0.717, 1.165) is 6.42 Å². The summed E-state index contributed by atoms with van der Waals surface area (Å²) in [5.41, 5.74) is 4.47. The molecule has 0 heterocycles. The Kier molecular flexibility index (Phi) is 3.61. The molecule has 1 atom stereocenters. The zero-order valence-corrected chi connectivity index (χ0v) is 11.9. The van der Waals surface area contributed by atoms with Crippen LogP contribution >= 0.6 is 11.6 Å². The number of halogens is 1. The number of alkyl halides is 1. The average molecular weight is 271 g/mol. The summed E-state index contributed by atoms with van der Waals surface area (Å²) in [6.07, 6.45) is 4.69. The SMILES string of the molecule is ClCC1(Cc2ccccc2)CCCc2ccccc21. The smallest absolute Gasteiger partial charge is 0.0323 e. The van der Waals surface area contributed by atoms with Crippen LogP contribution in [-0.4, -0.2) is 5.88 Å². The predicted molar refractivity (Wildman–Crippen MR) is 81.9 cm³/mol. The van der Waals surface area contributed by atoms with E-state index in [4.69, 9.17) is 11.6 Å². The number of rotatable bonds is 3. The molecule has 0 nitrogen and oxygen atoms in total. The Labute approximate surface area is 120 Å². The van der Waals surface area contributed by atoms with Crippen molar-refractivity contribution in [3.63, 3.8) is 0 Å². The van der Waals surface area contributed by atoms with Crippen molar-refractivity contribution in [1.82, 2.24) is 0 Å². The highest BCUT2D eigenvalue weighted by Gasteiger charge is 2.35. The van der Waals surface area contributed by atoms with E-state index >= 15 is 0 Å². The van der Waals surface area contributed by atoms with E-state index in [-0.39, 0.29) is 5.41 Å². The average Bonchev–Trinajstić information content (AvgIpc) is 2.49. The first-order chi connectivity index (χ1) is 9.34. The summed E-state index contributed by atoms with van der Waals surface area (Å²) < 4.78 is 0. The number of aryl methyl sites for hydroxylation is 1. The van der Waals surface area contributed by atoms with Gasteiger partial charge >= 0.3 is 0 Å². The molecule has 1 unspecified atom stereocenters. The molecule has 0 N–H and O–H groups in total. The van der Waals surface area contributed by atoms with Gasteiger partial charge in [0.15, 0.2) is 0 Å². The van der Waals surface area contributed by atoms with Crippen LogP contribution in [0.4, 0.5) is 0 Å². The molecule has 0 bridgehead atoms. The van der Waals surface area contributed by atoms with Gasteiger partial charge in [0.2, 0.25) is 0 Å². The lowest BCUT2D eigenvalue weighted by Crippen LogP contribution is -2.35. The van der Waals surface area contributed by atoms with Crippen molar-refractivity contribution in [2.24, 2.45) is 0 Å². The topological polar surface area (TPSA) is 0 Å². The standard InChI is InChI=1S/C18H19Cl/c19-14-18(13-15-7-2-1-3-8-15)12-6-10-16-9-4-5-11-17(16)18/h1-5,7-9,11H,6,10,12-14H2. The molecular weight excluding hydrogens is 252 g/mol. The Hall–Kier alpha value is -1.27. The molecule has 1 heteroatoms. The van der Waals surface area contributed by atoms with Gasteiger partial charge in [-0.1, -0.05) is 54.6 Å². The quantitative estimate of drug-likeness (QED) is 0.707. The van der Waals surface area contributed by atoms with Crippen LogP contribution in [0.2, 0.25) is 0 Å². The predicted octanol–water partition coefficient (Wildman–Crippen LogP) is 4.74. The van der Waals surface area contributed by atoms with E-state index in [9.17, 15) is 0 Å². The zero-order chi connectivity index (χ0) is 13.1. The lowest BCUT2D eigenvalue weighted by Gasteiger charge is -2.38. The minimum atomic E-state index is 0.123. The lowest BCUT2D eigenvalue weighted by molar-refractivity contribution is 0.396. The summed E-state index contributed by atoms with van der Waals surface area (Å²) >= 11 is 6.41. The van der Waals surface area contributed by atoms with E-state index in [1.54, 1.807) is 0 Å². The summed E-state index contributed by atoms with van der Waals surface area (Å²) in [5, 5.41) is 0. The van der Waals surface area contributed by atoms with Gasteiger partial charge in [-0.3, -0.25) is 0 Å². The molecule has 0 fully saturated rings. The minimum Gasteiger partial charge on any atom is -0.126 e. The number of benzene rings is 2. The maximum Gasteiger partial charge on any atom is 0.0323 e. The van der Waals surface area contributed by atoms with Crippen molar-refractivity contribution >= 4 is 11.6 Å². The van der Waals surface area contributed by atoms with Gasteiger partial charge in [0.1, 0.15) is 0 Å². The van der Waals surface area contributed by atoms with Gasteiger partial charge in [0.25, 0.3) is 0 Å². The highest BCUT2D eigenvalue weighted by atomic mass is 35.5. The molecule has 2 aromatic carbocycles. The number of hydrogen-bond donors (Lipinski definition) is 0. The van der Waals surface area contributed by atoms with Gasteiger partial charge in [0.05, 0.1) is 0 Å².